The summed E-state index contributed by atoms with van der Waals surface area (Å²) in [5.74, 6) is -6.31. The van der Waals surface area contributed by atoms with Gasteiger partial charge in [-0.25, -0.2) is 22.0 Å². The summed E-state index contributed by atoms with van der Waals surface area (Å²) < 4.78 is 112. The van der Waals surface area contributed by atoms with Crippen molar-refractivity contribution in [3.63, 3.8) is 0 Å². The van der Waals surface area contributed by atoms with Crippen LogP contribution in [0.1, 0.15) is 43.7 Å². The van der Waals surface area contributed by atoms with Crippen molar-refractivity contribution in [1.82, 2.24) is 0 Å². The van der Waals surface area contributed by atoms with Gasteiger partial charge in [0.05, 0.1) is 6.61 Å². The summed E-state index contributed by atoms with van der Waals surface area (Å²) in [5, 5.41) is -0.956. The summed E-state index contributed by atoms with van der Waals surface area (Å²) in [6, 6.07) is 4.35. The predicted molar refractivity (Wildman–Crippen MR) is 131 cm³/mol. The van der Waals surface area contributed by atoms with Gasteiger partial charge in [-0.1, -0.05) is 31.4 Å². The van der Waals surface area contributed by atoms with Crippen LogP contribution in [0, 0.1) is 46.8 Å². The highest BCUT2D eigenvalue weighted by atomic mass is 35.5. The average molecular weight is 573 g/mol. The van der Waals surface area contributed by atoms with Crippen LogP contribution >= 0.6 is 11.6 Å². The summed E-state index contributed by atoms with van der Waals surface area (Å²) in [6.45, 7) is 2.67. The fourth-order valence-corrected chi connectivity index (χ4v) is 5.61. The lowest BCUT2D eigenvalue weighted by atomic mass is 9.74. The van der Waals surface area contributed by atoms with Crippen molar-refractivity contribution < 1.29 is 40.2 Å². The van der Waals surface area contributed by atoms with E-state index in [1.54, 1.807) is 0 Å². The first kappa shape index (κ1) is 27.6. The zero-order valence-corrected chi connectivity index (χ0v) is 21.5. The minimum Gasteiger partial charge on any atom is -0.493 e. The number of halogens is 8. The maximum Gasteiger partial charge on any atom is 0.432 e. The quantitative estimate of drug-likeness (QED) is 0.224. The lowest BCUT2D eigenvalue weighted by Crippen LogP contribution is -2.30. The van der Waals surface area contributed by atoms with Crippen LogP contribution in [0.3, 0.4) is 0 Å². The van der Waals surface area contributed by atoms with Gasteiger partial charge in [0.15, 0.2) is 0 Å². The van der Waals surface area contributed by atoms with E-state index in [9.17, 15) is 26.3 Å². The Bertz CT molecular complexity index is 1360. The first-order valence-corrected chi connectivity index (χ1v) is 13.0. The van der Waals surface area contributed by atoms with Crippen LogP contribution < -0.4 is 9.47 Å². The smallest absolute Gasteiger partial charge is 0.432 e. The third-order valence-corrected chi connectivity index (χ3v) is 8.02. The van der Waals surface area contributed by atoms with E-state index in [1.165, 1.54) is 12.1 Å². The van der Waals surface area contributed by atoms with Gasteiger partial charge < -0.3 is 9.47 Å². The Hall–Kier alpha value is -2.94. The van der Waals surface area contributed by atoms with E-state index in [0.717, 1.165) is 25.7 Å². The number of hydrogen-bond acceptors (Lipinski definition) is 2. The second kappa shape index (κ2) is 10.6. The fraction of sp³-hybridized carbons (Fsp3) is 0.379. The lowest BCUT2D eigenvalue weighted by molar-refractivity contribution is -0.189. The maximum absolute atomic E-state index is 15.1. The molecule has 1 saturated carbocycles. The number of fused-ring (bicyclic) bond motifs is 1. The topological polar surface area (TPSA) is 18.5 Å². The number of alkyl halides is 2. The van der Waals surface area contributed by atoms with E-state index >= 15 is 4.39 Å². The van der Waals surface area contributed by atoms with E-state index < -0.39 is 51.5 Å². The summed E-state index contributed by atoms with van der Waals surface area (Å²) in [7, 11) is 0. The Balaban J connectivity index is 1.40. The molecule has 2 aliphatic rings. The summed E-state index contributed by atoms with van der Waals surface area (Å²) in [6.07, 6.45) is 0.419. The Labute approximate surface area is 225 Å². The Morgan fingerprint density at radius 2 is 1.41 bits per heavy atom. The highest BCUT2D eigenvalue weighted by molar-refractivity contribution is 6.30. The number of ether oxygens (including phenoxy) is 2. The molecule has 1 heterocycles. The largest absolute Gasteiger partial charge is 0.493 e. The average Bonchev–Trinajstić information content (AvgIpc) is 2.86. The molecule has 0 bridgehead atoms. The highest BCUT2D eigenvalue weighted by Crippen LogP contribution is 2.42. The second-order valence-electron chi connectivity index (χ2n) is 10.4. The molecule has 208 valence electrons. The molecule has 0 aromatic heterocycles. The van der Waals surface area contributed by atoms with Crippen LogP contribution in [0.15, 0.2) is 36.4 Å². The van der Waals surface area contributed by atoms with Crippen molar-refractivity contribution in [3.8, 4) is 22.6 Å². The molecular formula is C29H24ClF7O2. The minimum atomic E-state index is -4.66. The summed E-state index contributed by atoms with van der Waals surface area (Å²) >= 11 is 5.32. The molecular weight excluding hydrogens is 549 g/mol. The molecule has 1 aliphatic heterocycles. The zero-order chi connectivity index (χ0) is 28.1. The molecule has 1 fully saturated rings. The Kier molecular flexibility index (Phi) is 7.48. The van der Waals surface area contributed by atoms with Crippen LogP contribution in [-0.4, -0.2) is 6.61 Å². The van der Waals surface area contributed by atoms with Crippen LogP contribution in [0.5, 0.6) is 11.5 Å². The van der Waals surface area contributed by atoms with Crippen molar-refractivity contribution in [2.45, 2.75) is 45.1 Å². The van der Waals surface area contributed by atoms with Crippen molar-refractivity contribution in [3.05, 3.63) is 81.6 Å². The Morgan fingerprint density at radius 1 is 0.795 bits per heavy atom. The van der Waals surface area contributed by atoms with Gasteiger partial charge >= 0.3 is 6.11 Å². The second-order valence-corrected chi connectivity index (χ2v) is 10.7. The van der Waals surface area contributed by atoms with Gasteiger partial charge in [-0.15, -0.1) is 0 Å². The van der Waals surface area contributed by atoms with Crippen molar-refractivity contribution in [2.24, 2.45) is 17.8 Å². The molecule has 0 unspecified atom stereocenters. The van der Waals surface area contributed by atoms with E-state index in [4.69, 9.17) is 16.3 Å². The first-order chi connectivity index (χ1) is 18.4. The molecule has 3 aromatic rings. The predicted octanol–water partition coefficient (Wildman–Crippen LogP) is 9.21. The zero-order valence-electron chi connectivity index (χ0n) is 20.8. The van der Waals surface area contributed by atoms with Gasteiger partial charge in [-0.2, -0.15) is 8.78 Å². The molecule has 1 aliphatic carbocycles. The Morgan fingerprint density at radius 3 is 2.03 bits per heavy atom. The number of hydrogen-bond donors (Lipinski definition) is 0. The third kappa shape index (κ3) is 5.55. The molecule has 1 atom stereocenters. The molecule has 0 amide bonds. The molecule has 3 aromatic carbocycles. The van der Waals surface area contributed by atoms with Crippen LogP contribution in [-0.2, 0) is 12.5 Å². The van der Waals surface area contributed by atoms with E-state index in [1.807, 2.05) is 0 Å². The fourth-order valence-electron chi connectivity index (χ4n) is 5.50. The highest BCUT2D eigenvalue weighted by Gasteiger charge is 2.42. The minimum absolute atomic E-state index is 0.228. The molecule has 2 nitrogen and oxygen atoms in total. The normalized spacial score (nSPS) is 21.3. The monoisotopic (exact) mass is 572 g/mol. The maximum atomic E-state index is 15.1. The van der Waals surface area contributed by atoms with Crippen LogP contribution in [0.25, 0.3) is 11.1 Å². The van der Waals surface area contributed by atoms with Crippen LogP contribution in [0.2, 0.25) is 5.02 Å². The van der Waals surface area contributed by atoms with E-state index in [2.05, 4.69) is 11.7 Å². The van der Waals surface area contributed by atoms with Gasteiger partial charge in [0.1, 0.15) is 51.2 Å². The summed E-state index contributed by atoms with van der Waals surface area (Å²) in [4.78, 5) is 0. The third-order valence-electron chi connectivity index (χ3n) is 7.66. The molecule has 5 rings (SSSR count). The number of benzene rings is 3. The van der Waals surface area contributed by atoms with E-state index in [-0.39, 0.29) is 17.0 Å². The standard InChI is InChI=1S/C29H24ClF7O2/c1-14-2-4-15(5-3-14)18-6-17-9-21(31)20(12-26(17)38-13-18)16-7-22(32)27(23(33)8-16)29(36,37)39-19-10-24(34)28(30)25(35)11-19/h7-12,14-15,18H,2-6,13H2,1H3/t14?,15?,18-/m0/s1. The molecule has 0 saturated heterocycles. The van der Waals surface area contributed by atoms with Gasteiger partial charge in [0.2, 0.25) is 0 Å². The molecule has 10 heteroatoms. The lowest BCUT2D eigenvalue weighted by Gasteiger charge is -2.35. The van der Waals surface area contributed by atoms with Gasteiger partial charge in [-0.3, -0.25) is 0 Å². The summed E-state index contributed by atoms with van der Waals surface area (Å²) in [5.41, 5.74) is -1.72. The first-order valence-electron chi connectivity index (χ1n) is 12.6. The SMILES string of the molecule is CC1CCC([C@@H]2COc3cc(-c4cc(F)c(C(F)(F)Oc5cc(F)c(Cl)c(F)c5)c(F)c4)c(F)cc3C2)CC1. The van der Waals surface area contributed by atoms with Crippen molar-refractivity contribution >= 4 is 11.6 Å². The van der Waals surface area contributed by atoms with E-state index in [0.29, 0.717) is 60.4 Å². The molecule has 0 radical (unpaired) electrons. The molecule has 39 heavy (non-hydrogen) atoms. The molecule has 0 N–H and O–H groups in total. The number of rotatable bonds is 5. The van der Waals surface area contributed by atoms with Gasteiger partial charge in [0.25, 0.3) is 0 Å². The van der Waals surface area contributed by atoms with Crippen molar-refractivity contribution in [2.75, 3.05) is 6.61 Å². The van der Waals surface area contributed by atoms with Crippen LogP contribution in [0.4, 0.5) is 30.7 Å². The van der Waals surface area contributed by atoms with Crippen molar-refractivity contribution in [1.29, 1.82) is 0 Å². The van der Waals surface area contributed by atoms with Gasteiger partial charge in [0, 0.05) is 17.7 Å². The van der Waals surface area contributed by atoms with Gasteiger partial charge in [-0.05, 0) is 72.4 Å². The molecule has 0 spiro atoms.